The fourth-order valence-electron chi connectivity index (χ4n) is 2.07. The molecule has 1 aliphatic rings. The van der Waals surface area contributed by atoms with Crippen LogP contribution < -0.4 is 0 Å². The summed E-state index contributed by atoms with van der Waals surface area (Å²) in [6, 6.07) is 3.87. The first-order chi connectivity index (χ1) is 8.25. The molecule has 2 heterocycles. The lowest BCUT2D eigenvalue weighted by molar-refractivity contribution is -0.133. The average Bonchev–Trinajstić information content (AvgIpc) is 2.38. The Kier molecular flexibility index (Phi) is 4.09. The number of carbonyl (C=O) groups is 1. The molecule has 17 heavy (non-hydrogen) atoms. The third-order valence-electron chi connectivity index (χ3n) is 3.17. The standard InChI is InChI=1S/C13H18N2O2/c16-12-5-8-15(9-6-12)13(17)4-3-11-2-1-7-14-10-11/h1-2,7,10,12,16H,3-6,8-9H2. The average molecular weight is 234 g/mol. The Bertz CT molecular complexity index is 359. The molecular weight excluding hydrogens is 216 g/mol. The molecule has 1 saturated heterocycles. The van der Waals surface area contributed by atoms with E-state index >= 15 is 0 Å². The van der Waals surface area contributed by atoms with Gasteiger partial charge in [-0.2, -0.15) is 0 Å². The van der Waals surface area contributed by atoms with Gasteiger partial charge in [0.05, 0.1) is 6.10 Å². The molecule has 1 aromatic heterocycles. The summed E-state index contributed by atoms with van der Waals surface area (Å²) < 4.78 is 0. The molecule has 4 nitrogen and oxygen atoms in total. The third kappa shape index (κ3) is 3.53. The SMILES string of the molecule is O=C(CCc1cccnc1)N1CCC(O)CC1. The zero-order valence-corrected chi connectivity index (χ0v) is 9.88. The third-order valence-corrected chi connectivity index (χ3v) is 3.17. The summed E-state index contributed by atoms with van der Waals surface area (Å²) in [5.41, 5.74) is 1.10. The number of aliphatic hydroxyl groups is 1. The Morgan fingerprint density at radius 1 is 1.47 bits per heavy atom. The molecule has 0 radical (unpaired) electrons. The topological polar surface area (TPSA) is 53.4 Å². The van der Waals surface area contributed by atoms with Crippen LogP contribution >= 0.6 is 0 Å². The van der Waals surface area contributed by atoms with Crippen LogP contribution in [0.2, 0.25) is 0 Å². The normalized spacial score (nSPS) is 17.1. The summed E-state index contributed by atoms with van der Waals surface area (Å²) in [4.78, 5) is 17.8. The number of likely N-dealkylation sites (tertiary alicyclic amines) is 1. The van der Waals surface area contributed by atoms with E-state index in [4.69, 9.17) is 0 Å². The number of carbonyl (C=O) groups excluding carboxylic acids is 1. The second-order valence-electron chi connectivity index (χ2n) is 4.47. The highest BCUT2D eigenvalue weighted by Crippen LogP contribution is 2.12. The molecule has 0 unspecified atom stereocenters. The first-order valence-corrected chi connectivity index (χ1v) is 6.10. The van der Waals surface area contributed by atoms with E-state index in [1.165, 1.54) is 0 Å². The maximum absolute atomic E-state index is 11.9. The second-order valence-corrected chi connectivity index (χ2v) is 4.47. The summed E-state index contributed by atoms with van der Waals surface area (Å²) in [6.07, 6.45) is 5.99. The van der Waals surface area contributed by atoms with E-state index in [1.54, 1.807) is 12.4 Å². The minimum Gasteiger partial charge on any atom is -0.393 e. The minimum absolute atomic E-state index is 0.181. The van der Waals surface area contributed by atoms with Crippen molar-refractivity contribution in [1.29, 1.82) is 0 Å². The van der Waals surface area contributed by atoms with Crippen LogP contribution in [-0.2, 0) is 11.2 Å². The molecule has 1 fully saturated rings. The summed E-state index contributed by atoms with van der Waals surface area (Å²) >= 11 is 0. The number of aromatic nitrogens is 1. The van der Waals surface area contributed by atoms with Crippen molar-refractivity contribution in [3.63, 3.8) is 0 Å². The van der Waals surface area contributed by atoms with E-state index in [-0.39, 0.29) is 12.0 Å². The molecule has 0 aromatic carbocycles. The molecule has 1 aliphatic heterocycles. The lowest BCUT2D eigenvalue weighted by Gasteiger charge is -2.29. The summed E-state index contributed by atoms with van der Waals surface area (Å²) in [5.74, 6) is 0.181. The van der Waals surface area contributed by atoms with Gasteiger partial charge in [0.25, 0.3) is 0 Å². The van der Waals surface area contributed by atoms with Crippen molar-refractivity contribution in [2.24, 2.45) is 0 Å². The van der Waals surface area contributed by atoms with Crippen molar-refractivity contribution in [2.75, 3.05) is 13.1 Å². The smallest absolute Gasteiger partial charge is 0.222 e. The zero-order chi connectivity index (χ0) is 12.1. The van der Waals surface area contributed by atoms with Crippen molar-refractivity contribution in [1.82, 2.24) is 9.88 Å². The zero-order valence-electron chi connectivity index (χ0n) is 9.88. The predicted molar refractivity (Wildman–Crippen MR) is 64.4 cm³/mol. The van der Waals surface area contributed by atoms with Crippen molar-refractivity contribution >= 4 is 5.91 Å². The highest BCUT2D eigenvalue weighted by atomic mass is 16.3. The summed E-state index contributed by atoms with van der Waals surface area (Å²) in [6.45, 7) is 1.38. The molecule has 0 atom stereocenters. The highest BCUT2D eigenvalue weighted by molar-refractivity contribution is 5.76. The second kappa shape index (κ2) is 5.77. The first kappa shape index (κ1) is 12.0. The van der Waals surface area contributed by atoms with Gasteiger partial charge in [-0.1, -0.05) is 6.07 Å². The van der Waals surface area contributed by atoms with Crippen molar-refractivity contribution < 1.29 is 9.90 Å². The number of hydrogen-bond acceptors (Lipinski definition) is 3. The lowest BCUT2D eigenvalue weighted by Crippen LogP contribution is -2.40. The van der Waals surface area contributed by atoms with Gasteiger partial charge < -0.3 is 10.0 Å². The van der Waals surface area contributed by atoms with E-state index < -0.39 is 0 Å². The Hall–Kier alpha value is -1.42. The van der Waals surface area contributed by atoms with E-state index in [2.05, 4.69) is 4.98 Å². The fraction of sp³-hybridized carbons (Fsp3) is 0.538. The predicted octanol–water partition coefficient (Wildman–Crippen LogP) is 0.998. The van der Waals surface area contributed by atoms with Crippen LogP contribution in [0, 0.1) is 0 Å². The van der Waals surface area contributed by atoms with E-state index in [0.717, 1.165) is 12.0 Å². The number of amides is 1. The lowest BCUT2D eigenvalue weighted by atomic mass is 10.1. The number of nitrogens with zero attached hydrogens (tertiary/aromatic N) is 2. The molecule has 0 saturated carbocycles. The molecule has 92 valence electrons. The Balaban J connectivity index is 1.78. The first-order valence-electron chi connectivity index (χ1n) is 6.10. The van der Waals surface area contributed by atoms with Gasteiger partial charge in [0.15, 0.2) is 0 Å². The Morgan fingerprint density at radius 2 is 2.24 bits per heavy atom. The Morgan fingerprint density at radius 3 is 2.88 bits per heavy atom. The van der Waals surface area contributed by atoms with Gasteiger partial charge in [-0.3, -0.25) is 9.78 Å². The van der Waals surface area contributed by atoms with Gasteiger partial charge >= 0.3 is 0 Å². The molecule has 4 heteroatoms. The highest BCUT2D eigenvalue weighted by Gasteiger charge is 2.20. The molecule has 2 rings (SSSR count). The minimum atomic E-state index is -0.225. The molecule has 1 N–H and O–H groups in total. The maximum atomic E-state index is 11.9. The van der Waals surface area contributed by atoms with E-state index in [9.17, 15) is 9.90 Å². The number of aryl methyl sites for hydroxylation is 1. The number of aliphatic hydroxyl groups excluding tert-OH is 1. The monoisotopic (exact) mass is 234 g/mol. The van der Waals surface area contributed by atoms with Crippen LogP contribution in [-0.4, -0.2) is 40.1 Å². The van der Waals surface area contributed by atoms with Gasteiger partial charge in [0.1, 0.15) is 0 Å². The molecule has 1 amide bonds. The quantitative estimate of drug-likeness (QED) is 0.848. The van der Waals surface area contributed by atoms with E-state index in [0.29, 0.717) is 32.4 Å². The Labute approximate surface area is 101 Å². The van der Waals surface area contributed by atoms with E-state index in [1.807, 2.05) is 17.0 Å². The van der Waals surface area contributed by atoms with Crippen LogP contribution in [0.3, 0.4) is 0 Å². The summed E-state index contributed by atoms with van der Waals surface area (Å²) in [7, 11) is 0. The number of pyridine rings is 1. The van der Waals surface area contributed by atoms with Crippen LogP contribution in [0.4, 0.5) is 0 Å². The summed E-state index contributed by atoms with van der Waals surface area (Å²) in [5, 5.41) is 9.37. The van der Waals surface area contributed by atoms with Crippen molar-refractivity contribution in [2.45, 2.75) is 31.8 Å². The van der Waals surface area contributed by atoms with Gasteiger partial charge in [-0.25, -0.2) is 0 Å². The number of piperidine rings is 1. The van der Waals surface area contributed by atoms with Gasteiger partial charge in [0.2, 0.25) is 5.91 Å². The fourth-order valence-corrected chi connectivity index (χ4v) is 2.07. The molecule has 0 bridgehead atoms. The van der Waals surface area contributed by atoms with Gasteiger partial charge in [0, 0.05) is 31.9 Å². The van der Waals surface area contributed by atoms with Crippen LogP contribution in [0.25, 0.3) is 0 Å². The molecule has 1 aromatic rings. The number of hydrogen-bond donors (Lipinski definition) is 1. The van der Waals surface area contributed by atoms with Crippen LogP contribution in [0.15, 0.2) is 24.5 Å². The van der Waals surface area contributed by atoms with Crippen LogP contribution in [0.5, 0.6) is 0 Å². The van der Waals surface area contributed by atoms with Crippen molar-refractivity contribution in [3.05, 3.63) is 30.1 Å². The van der Waals surface area contributed by atoms with Crippen molar-refractivity contribution in [3.8, 4) is 0 Å². The molecule has 0 spiro atoms. The number of rotatable bonds is 3. The molecular formula is C13H18N2O2. The van der Waals surface area contributed by atoms with Crippen LogP contribution in [0.1, 0.15) is 24.8 Å². The van der Waals surface area contributed by atoms with Gasteiger partial charge in [-0.15, -0.1) is 0 Å². The largest absolute Gasteiger partial charge is 0.393 e. The van der Waals surface area contributed by atoms with Gasteiger partial charge in [-0.05, 0) is 30.9 Å². The maximum Gasteiger partial charge on any atom is 0.222 e. The molecule has 0 aliphatic carbocycles.